The van der Waals surface area contributed by atoms with Crippen LogP contribution in [0.3, 0.4) is 0 Å². The third-order valence-electron chi connectivity index (χ3n) is 5.97. The monoisotopic (exact) mass is 433 g/mol. The first-order valence-corrected chi connectivity index (χ1v) is 10.8. The van der Waals surface area contributed by atoms with Crippen molar-refractivity contribution < 1.29 is 9.59 Å². The SMILES string of the molecule is CC#CCN(C)Cn1cc(C2=C(c3cccc4ccccc34)C(=O)NC2=O)c2ccccc21. The van der Waals surface area contributed by atoms with Gasteiger partial charge in [-0.2, -0.15) is 0 Å². The first kappa shape index (κ1) is 20.7. The summed E-state index contributed by atoms with van der Waals surface area (Å²) < 4.78 is 2.10. The van der Waals surface area contributed by atoms with Gasteiger partial charge in [-0.1, -0.05) is 66.6 Å². The molecule has 0 saturated carbocycles. The van der Waals surface area contributed by atoms with Gasteiger partial charge in [0.2, 0.25) is 0 Å². The molecule has 162 valence electrons. The summed E-state index contributed by atoms with van der Waals surface area (Å²) in [5.41, 5.74) is 3.36. The van der Waals surface area contributed by atoms with Gasteiger partial charge in [0.15, 0.2) is 0 Å². The molecular formula is C28H23N3O2. The van der Waals surface area contributed by atoms with Crippen molar-refractivity contribution in [2.75, 3.05) is 13.6 Å². The van der Waals surface area contributed by atoms with E-state index in [1.165, 1.54) is 0 Å². The Morgan fingerprint density at radius 2 is 1.52 bits per heavy atom. The summed E-state index contributed by atoms with van der Waals surface area (Å²) in [6, 6.07) is 21.7. The number of benzene rings is 3. The molecule has 1 N–H and O–H groups in total. The minimum absolute atomic E-state index is 0.362. The van der Waals surface area contributed by atoms with Crippen molar-refractivity contribution >= 4 is 44.6 Å². The van der Waals surface area contributed by atoms with E-state index in [2.05, 4.69) is 26.6 Å². The number of para-hydroxylation sites is 1. The molecule has 0 atom stereocenters. The number of carbonyl (C=O) groups excluding carboxylic acids is 2. The van der Waals surface area contributed by atoms with Crippen LogP contribution in [0.1, 0.15) is 18.1 Å². The van der Waals surface area contributed by atoms with Gasteiger partial charge in [0.05, 0.1) is 24.4 Å². The molecule has 0 aliphatic carbocycles. The topological polar surface area (TPSA) is 54.3 Å². The van der Waals surface area contributed by atoms with E-state index in [1.807, 2.05) is 86.9 Å². The number of nitrogens with zero attached hydrogens (tertiary/aromatic N) is 2. The number of aromatic nitrogens is 1. The second kappa shape index (κ2) is 8.42. The molecule has 2 heterocycles. The van der Waals surface area contributed by atoms with Crippen molar-refractivity contribution in [3.05, 3.63) is 84.1 Å². The highest BCUT2D eigenvalue weighted by molar-refractivity contribution is 6.50. The molecule has 1 aliphatic heterocycles. The lowest BCUT2D eigenvalue weighted by Gasteiger charge is -2.15. The Hall–Kier alpha value is -4.14. The smallest absolute Gasteiger partial charge is 0.259 e. The van der Waals surface area contributed by atoms with Crippen LogP contribution in [-0.2, 0) is 16.3 Å². The molecule has 0 spiro atoms. The molecule has 4 aromatic rings. The van der Waals surface area contributed by atoms with E-state index in [-0.39, 0.29) is 11.8 Å². The predicted molar refractivity (Wildman–Crippen MR) is 132 cm³/mol. The van der Waals surface area contributed by atoms with Crippen LogP contribution in [0.4, 0.5) is 0 Å². The lowest BCUT2D eigenvalue weighted by Crippen LogP contribution is -2.23. The van der Waals surface area contributed by atoms with Crippen LogP contribution < -0.4 is 5.32 Å². The van der Waals surface area contributed by atoms with E-state index in [0.717, 1.165) is 32.8 Å². The number of carbonyl (C=O) groups is 2. The second-order valence-electron chi connectivity index (χ2n) is 8.17. The number of imide groups is 1. The minimum atomic E-state index is -0.365. The van der Waals surface area contributed by atoms with Crippen molar-refractivity contribution in [1.29, 1.82) is 0 Å². The van der Waals surface area contributed by atoms with Gasteiger partial charge in [0.25, 0.3) is 11.8 Å². The number of rotatable bonds is 5. The molecule has 0 saturated heterocycles. The first-order chi connectivity index (χ1) is 16.1. The van der Waals surface area contributed by atoms with Crippen LogP contribution in [0, 0.1) is 11.8 Å². The highest BCUT2D eigenvalue weighted by Crippen LogP contribution is 2.38. The van der Waals surface area contributed by atoms with Gasteiger partial charge in [-0.15, -0.1) is 5.92 Å². The zero-order valence-corrected chi connectivity index (χ0v) is 18.6. The van der Waals surface area contributed by atoms with Crippen LogP contribution >= 0.6 is 0 Å². The Morgan fingerprint density at radius 3 is 2.30 bits per heavy atom. The number of nitrogens with one attached hydrogen (secondary N) is 1. The van der Waals surface area contributed by atoms with E-state index in [4.69, 9.17) is 0 Å². The fourth-order valence-electron chi connectivity index (χ4n) is 4.50. The summed E-state index contributed by atoms with van der Waals surface area (Å²) in [6.07, 6.45) is 1.97. The van der Waals surface area contributed by atoms with E-state index in [0.29, 0.717) is 24.4 Å². The molecule has 33 heavy (non-hydrogen) atoms. The standard InChI is InChI=1S/C28H23N3O2/c1-3-4-16-30(2)18-31-17-23(21-13-7-8-15-24(21)31)26-25(27(32)29-28(26)33)22-14-9-11-19-10-5-6-12-20(19)22/h5-15,17H,16,18H2,1-2H3,(H,29,32,33). The summed E-state index contributed by atoms with van der Waals surface area (Å²) in [7, 11) is 2.01. The quantitative estimate of drug-likeness (QED) is 0.378. The molecule has 0 unspecified atom stereocenters. The number of fused-ring (bicyclic) bond motifs is 2. The molecule has 1 aliphatic rings. The molecule has 5 rings (SSSR count). The summed E-state index contributed by atoms with van der Waals surface area (Å²) >= 11 is 0. The van der Waals surface area contributed by atoms with Crippen LogP contribution in [0.2, 0.25) is 0 Å². The lowest BCUT2D eigenvalue weighted by molar-refractivity contribution is -0.122. The molecule has 3 aromatic carbocycles. The Balaban J connectivity index is 1.73. The van der Waals surface area contributed by atoms with Crippen molar-refractivity contribution in [3.8, 4) is 11.8 Å². The van der Waals surface area contributed by atoms with Crippen LogP contribution in [0.5, 0.6) is 0 Å². The Labute approximate surface area is 192 Å². The fourth-order valence-corrected chi connectivity index (χ4v) is 4.50. The van der Waals surface area contributed by atoms with Crippen LogP contribution in [0.25, 0.3) is 32.8 Å². The Kier molecular flexibility index (Phi) is 5.29. The van der Waals surface area contributed by atoms with Crippen LogP contribution in [-0.4, -0.2) is 34.9 Å². The van der Waals surface area contributed by atoms with Crippen LogP contribution in [0.15, 0.2) is 72.9 Å². The van der Waals surface area contributed by atoms with Crippen molar-refractivity contribution in [2.45, 2.75) is 13.6 Å². The average Bonchev–Trinajstić information content (AvgIpc) is 3.33. The van der Waals surface area contributed by atoms with Gasteiger partial charge in [-0.25, -0.2) is 0 Å². The first-order valence-electron chi connectivity index (χ1n) is 10.8. The van der Waals surface area contributed by atoms with E-state index < -0.39 is 0 Å². The molecular weight excluding hydrogens is 410 g/mol. The summed E-state index contributed by atoms with van der Waals surface area (Å²) in [5.74, 6) is 5.28. The molecule has 0 radical (unpaired) electrons. The highest BCUT2D eigenvalue weighted by atomic mass is 16.2. The Morgan fingerprint density at radius 1 is 0.848 bits per heavy atom. The van der Waals surface area contributed by atoms with E-state index in [9.17, 15) is 9.59 Å². The van der Waals surface area contributed by atoms with Gasteiger partial charge >= 0.3 is 0 Å². The third kappa shape index (κ3) is 3.61. The van der Waals surface area contributed by atoms with Gasteiger partial charge < -0.3 is 4.57 Å². The second-order valence-corrected chi connectivity index (χ2v) is 8.17. The zero-order valence-electron chi connectivity index (χ0n) is 18.6. The van der Waals surface area contributed by atoms with Crippen molar-refractivity contribution in [1.82, 2.24) is 14.8 Å². The maximum Gasteiger partial charge on any atom is 0.259 e. The van der Waals surface area contributed by atoms with Gasteiger partial charge in [-0.05, 0) is 36.4 Å². The molecule has 0 fully saturated rings. The average molecular weight is 434 g/mol. The highest BCUT2D eigenvalue weighted by Gasteiger charge is 2.34. The fraction of sp³-hybridized carbons (Fsp3) is 0.143. The Bertz CT molecular complexity index is 1510. The van der Waals surface area contributed by atoms with E-state index >= 15 is 0 Å². The summed E-state index contributed by atoms with van der Waals surface area (Å²) in [6.45, 7) is 3.08. The molecule has 1 aromatic heterocycles. The molecule has 0 bridgehead atoms. The number of hydrogen-bond donors (Lipinski definition) is 1. The zero-order chi connectivity index (χ0) is 22.9. The molecule has 5 nitrogen and oxygen atoms in total. The maximum atomic E-state index is 13.1. The number of amides is 2. The summed E-state index contributed by atoms with van der Waals surface area (Å²) in [5, 5.41) is 5.43. The molecule has 5 heteroatoms. The van der Waals surface area contributed by atoms with Crippen molar-refractivity contribution in [2.24, 2.45) is 0 Å². The predicted octanol–water partition coefficient (Wildman–Crippen LogP) is 4.27. The van der Waals surface area contributed by atoms with Gasteiger partial charge in [-0.3, -0.25) is 19.8 Å². The lowest BCUT2D eigenvalue weighted by atomic mass is 9.92. The number of hydrogen-bond acceptors (Lipinski definition) is 3. The van der Waals surface area contributed by atoms with Crippen molar-refractivity contribution in [3.63, 3.8) is 0 Å². The largest absolute Gasteiger partial charge is 0.333 e. The summed E-state index contributed by atoms with van der Waals surface area (Å²) in [4.78, 5) is 28.2. The van der Waals surface area contributed by atoms with E-state index in [1.54, 1.807) is 0 Å². The van der Waals surface area contributed by atoms with Gasteiger partial charge in [0.1, 0.15) is 0 Å². The minimum Gasteiger partial charge on any atom is -0.333 e. The molecule has 2 amide bonds. The normalized spacial score (nSPS) is 13.7. The third-order valence-corrected chi connectivity index (χ3v) is 5.97. The maximum absolute atomic E-state index is 13.1. The van der Waals surface area contributed by atoms with Gasteiger partial charge in [0, 0.05) is 22.7 Å².